The summed E-state index contributed by atoms with van der Waals surface area (Å²) in [6.45, 7) is 0.790. The van der Waals surface area contributed by atoms with Gasteiger partial charge in [0.2, 0.25) is 0 Å². The van der Waals surface area contributed by atoms with Crippen LogP contribution in [-0.4, -0.2) is 41.8 Å². The van der Waals surface area contributed by atoms with E-state index in [1.54, 1.807) is 0 Å². The summed E-state index contributed by atoms with van der Waals surface area (Å²) in [6.07, 6.45) is 10.9. The van der Waals surface area contributed by atoms with E-state index in [1.165, 1.54) is 37.9 Å². The van der Waals surface area contributed by atoms with Crippen LogP contribution in [0.2, 0.25) is 0 Å². The third kappa shape index (κ3) is 3.98. The standard InChI is InChI=1S/C18H30N2O2S/c21-17(19-15-3-1-2-14(10-15)13-4-5-13)20-16-6-8-22-18(11-16)7-9-23-12-18/h13-16H,1-12H2,(H2,19,20,21)/t14-,15+,16+,18+/m0/s1. The fraction of sp³-hybridized carbons (Fsp3) is 0.944. The molecule has 2 N–H and O–H groups in total. The number of hydrogen-bond donors (Lipinski definition) is 2. The number of ether oxygens (including phenoxy) is 1. The predicted octanol–water partition coefficient (Wildman–Crippen LogP) is 3.31. The Morgan fingerprint density at radius 3 is 2.70 bits per heavy atom. The number of rotatable bonds is 3. The van der Waals surface area contributed by atoms with Crippen LogP contribution in [0.4, 0.5) is 4.79 Å². The smallest absolute Gasteiger partial charge is 0.315 e. The van der Waals surface area contributed by atoms with Crippen molar-refractivity contribution in [2.75, 3.05) is 18.1 Å². The third-order valence-corrected chi connectivity index (χ3v) is 7.46. The van der Waals surface area contributed by atoms with Crippen LogP contribution in [-0.2, 0) is 4.74 Å². The number of carbonyl (C=O) groups is 1. The second-order valence-electron chi connectivity index (χ2n) is 8.10. The fourth-order valence-corrected chi connectivity index (χ4v) is 6.16. The molecule has 2 saturated carbocycles. The largest absolute Gasteiger partial charge is 0.374 e. The maximum atomic E-state index is 12.4. The number of thioether (sulfide) groups is 1. The molecule has 0 aromatic heterocycles. The Bertz CT molecular complexity index is 435. The summed E-state index contributed by atoms with van der Waals surface area (Å²) in [5.74, 6) is 4.14. The first-order valence-electron chi connectivity index (χ1n) is 9.51. The number of hydrogen-bond acceptors (Lipinski definition) is 3. The van der Waals surface area contributed by atoms with E-state index in [4.69, 9.17) is 4.74 Å². The van der Waals surface area contributed by atoms with Crippen LogP contribution in [0.15, 0.2) is 0 Å². The highest BCUT2D eigenvalue weighted by Crippen LogP contribution is 2.44. The van der Waals surface area contributed by atoms with E-state index < -0.39 is 0 Å². The van der Waals surface area contributed by atoms with Crippen LogP contribution in [0.3, 0.4) is 0 Å². The molecule has 4 nitrogen and oxygen atoms in total. The molecule has 0 unspecified atom stereocenters. The molecule has 4 aliphatic rings. The molecule has 4 fully saturated rings. The van der Waals surface area contributed by atoms with Gasteiger partial charge in [0, 0.05) is 24.4 Å². The molecular formula is C18H30N2O2S. The SMILES string of the molecule is O=C(N[C@@H]1CCC[C@H](C2CC2)C1)N[C@@H]1CCO[C@]2(CCSC2)C1. The highest BCUT2D eigenvalue weighted by Gasteiger charge is 2.41. The second kappa shape index (κ2) is 6.83. The summed E-state index contributed by atoms with van der Waals surface area (Å²) >= 11 is 1.98. The van der Waals surface area contributed by atoms with Gasteiger partial charge in [-0.1, -0.05) is 12.8 Å². The van der Waals surface area contributed by atoms with Crippen LogP contribution in [0.1, 0.15) is 57.8 Å². The van der Waals surface area contributed by atoms with E-state index in [0.717, 1.165) is 49.9 Å². The average molecular weight is 339 g/mol. The Kier molecular flexibility index (Phi) is 4.77. The minimum Gasteiger partial charge on any atom is -0.374 e. The van der Waals surface area contributed by atoms with E-state index in [9.17, 15) is 4.79 Å². The molecule has 0 bridgehead atoms. The van der Waals surface area contributed by atoms with Crippen LogP contribution in [0.25, 0.3) is 0 Å². The number of carbonyl (C=O) groups excluding carboxylic acids is 1. The van der Waals surface area contributed by atoms with E-state index >= 15 is 0 Å². The summed E-state index contributed by atoms with van der Waals surface area (Å²) in [5.41, 5.74) is 0.0444. The maximum Gasteiger partial charge on any atom is 0.315 e. The fourth-order valence-electron chi connectivity index (χ4n) is 4.78. The van der Waals surface area contributed by atoms with E-state index in [0.29, 0.717) is 6.04 Å². The van der Waals surface area contributed by atoms with Crippen molar-refractivity contribution in [3.8, 4) is 0 Å². The van der Waals surface area contributed by atoms with E-state index in [-0.39, 0.29) is 17.7 Å². The summed E-state index contributed by atoms with van der Waals surface area (Å²) in [4.78, 5) is 12.4. The van der Waals surface area contributed by atoms with Crippen LogP contribution < -0.4 is 10.6 Å². The molecule has 23 heavy (non-hydrogen) atoms. The molecule has 2 saturated heterocycles. The molecule has 1 spiro atoms. The molecule has 0 aromatic rings. The first kappa shape index (κ1) is 16.1. The molecule has 0 aromatic carbocycles. The first-order valence-corrected chi connectivity index (χ1v) is 10.7. The highest BCUT2D eigenvalue weighted by molar-refractivity contribution is 7.99. The summed E-state index contributed by atoms with van der Waals surface area (Å²) in [5, 5.41) is 6.50. The van der Waals surface area contributed by atoms with Gasteiger partial charge in [0.25, 0.3) is 0 Å². The van der Waals surface area contributed by atoms with Gasteiger partial charge in [-0.15, -0.1) is 0 Å². The van der Waals surface area contributed by atoms with Crippen molar-refractivity contribution in [1.82, 2.24) is 10.6 Å². The Morgan fingerprint density at radius 1 is 1.04 bits per heavy atom. The monoisotopic (exact) mass is 338 g/mol. The predicted molar refractivity (Wildman–Crippen MR) is 93.8 cm³/mol. The third-order valence-electron chi connectivity index (χ3n) is 6.23. The average Bonchev–Trinajstić information content (AvgIpc) is 3.30. The first-order chi connectivity index (χ1) is 11.2. The zero-order chi connectivity index (χ0) is 15.7. The number of urea groups is 1. The number of nitrogens with one attached hydrogen (secondary N) is 2. The quantitative estimate of drug-likeness (QED) is 0.830. The Balaban J connectivity index is 1.24. The lowest BCUT2D eigenvalue weighted by Crippen LogP contribution is -2.53. The lowest BCUT2D eigenvalue weighted by Gasteiger charge is -2.38. The van der Waals surface area contributed by atoms with Gasteiger partial charge in [0.05, 0.1) is 5.60 Å². The lowest BCUT2D eigenvalue weighted by molar-refractivity contribution is -0.0684. The summed E-state index contributed by atoms with van der Waals surface area (Å²) < 4.78 is 6.04. The van der Waals surface area contributed by atoms with Crippen LogP contribution in [0, 0.1) is 11.8 Å². The molecular weight excluding hydrogens is 308 g/mol. The van der Waals surface area contributed by atoms with Crippen molar-refractivity contribution in [2.24, 2.45) is 11.8 Å². The highest BCUT2D eigenvalue weighted by atomic mass is 32.2. The van der Waals surface area contributed by atoms with Crippen molar-refractivity contribution in [1.29, 1.82) is 0 Å². The Hall–Kier alpha value is -0.420. The van der Waals surface area contributed by atoms with Gasteiger partial charge >= 0.3 is 6.03 Å². The second-order valence-corrected chi connectivity index (χ2v) is 9.21. The van der Waals surface area contributed by atoms with Crippen molar-refractivity contribution in [2.45, 2.75) is 75.5 Å². The van der Waals surface area contributed by atoms with Crippen LogP contribution in [0.5, 0.6) is 0 Å². The molecule has 2 aliphatic heterocycles. The molecule has 4 rings (SSSR count). The molecule has 0 radical (unpaired) electrons. The molecule has 2 amide bonds. The van der Waals surface area contributed by atoms with Crippen molar-refractivity contribution < 1.29 is 9.53 Å². The molecule has 4 atom stereocenters. The van der Waals surface area contributed by atoms with Gasteiger partial charge < -0.3 is 15.4 Å². The molecule has 2 heterocycles. The van der Waals surface area contributed by atoms with Gasteiger partial charge in [-0.2, -0.15) is 11.8 Å². The zero-order valence-electron chi connectivity index (χ0n) is 14.0. The van der Waals surface area contributed by atoms with Crippen LogP contribution >= 0.6 is 11.8 Å². The number of amides is 2. The van der Waals surface area contributed by atoms with Gasteiger partial charge in [0.1, 0.15) is 0 Å². The lowest BCUT2D eigenvalue weighted by atomic mass is 9.83. The van der Waals surface area contributed by atoms with Crippen molar-refractivity contribution in [3.63, 3.8) is 0 Å². The Morgan fingerprint density at radius 2 is 1.91 bits per heavy atom. The summed E-state index contributed by atoms with van der Waals surface area (Å²) in [6, 6.07) is 0.731. The van der Waals surface area contributed by atoms with E-state index in [2.05, 4.69) is 10.6 Å². The summed E-state index contributed by atoms with van der Waals surface area (Å²) in [7, 11) is 0. The normalized spacial score (nSPS) is 41.0. The topological polar surface area (TPSA) is 50.4 Å². The van der Waals surface area contributed by atoms with Gasteiger partial charge in [-0.3, -0.25) is 0 Å². The molecule has 130 valence electrons. The minimum atomic E-state index is 0.0444. The van der Waals surface area contributed by atoms with Gasteiger partial charge in [-0.25, -0.2) is 4.79 Å². The molecule has 2 aliphatic carbocycles. The molecule has 5 heteroatoms. The zero-order valence-corrected chi connectivity index (χ0v) is 14.8. The van der Waals surface area contributed by atoms with E-state index in [1.807, 2.05) is 11.8 Å². The van der Waals surface area contributed by atoms with Crippen molar-refractivity contribution in [3.05, 3.63) is 0 Å². The van der Waals surface area contributed by atoms with Gasteiger partial charge in [0.15, 0.2) is 0 Å². The maximum absolute atomic E-state index is 12.4. The Labute approximate surface area is 143 Å². The van der Waals surface area contributed by atoms with Gasteiger partial charge in [-0.05, 0) is 62.5 Å². The van der Waals surface area contributed by atoms with Crippen molar-refractivity contribution >= 4 is 17.8 Å². The minimum absolute atomic E-state index is 0.0444.